The minimum absolute atomic E-state index is 0.182. The van der Waals surface area contributed by atoms with Crippen LogP contribution in [-0.2, 0) is 0 Å². The quantitative estimate of drug-likeness (QED) is 0.795. The molecule has 1 heterocycles. The van der Waals surface area contributed by atoms with Crippen molar-refractivity contribution in [3.05, 3.63) is 29.6 Å². The van der Waals surface area contributed by atoms with Crippen LogP contribution >= 0.6 is 0 Å². The topological polar surface area (TPSA) is 38.9 Å². The van der Waals surface area contributed by atoms with E-state index in [1.807, 2.05) is 18.5 Å². The Balaban J connectivity index is 2.27. The van der Waals surface area contributed by atoms with E-state index in [4.69, 9.17) is 5.73 Å². The first-order valence-corrected chi connectivity index (χ1v) is 5.36. The second-order valence-corrected chi connectivity index (χ2v) is 4.43. The van der Waals surface area contributed by atoms with Crippen molar-refractivity contribution < 1.29 is 0 Å². The summed E-state index contributed by atoms with van der Waals surface area (Å²) in [4.78, 5) is 4.16. The predicted molar refractivity (Wildman–Crippen MR) is 57.9 cm³/mol. The van der Waals surface area contributed by atoms with Crippen LogP contribution in [0.5, 0.6) is 0 Å². The van der Waals surface area contributed by atoms with E-state index >= 15 is 0 Å². The van der Waals surface area contributed by atoms with Gasteiger partial charge in [-0.25, -0.2) is 0 Å². The van der Waals surface area contributed by atoms with E-state index in [1.165, 1.54) is 30.4 Å². The number of aromatic nitrogens is 1. The molecule has 2 nitrogen and oxygen atoms in total. The third-order valence-electron chi connectivity index (χ3n) is 3.67. The maximum Gasteiger partial charge on any atom is 0.0370 e. The Morgan fingerprint density at radius 1 is 1.57 bits per heavy atom. The monoisotopic (exact) mass is 190 g/mol. The summed E-state index contributed by atoms with van der Waals surface area (Å²) in [7, 11) is 0. The molecule has 0 saturated heterocycles. The molecule has 2 heteroatoms. The van der Waals surface area contributed by atoms with Gasteiger partial charge in [0.2, 0.25) is 0 Å². The molecular formula is C12H18N2. The van der Waals surface area contributed by atoms with Crippen LogP contribution in [0.2, 0.25) is 0 Å². The van der Waals surface area contributed by atoms with E-state index in [-0.39, 0.29) is 6.04 Å². The lowest BCUT2D eigenvalue weighted by Crippen LogP contribution is -2.23. The summed E-state index contributed by atoms with van der Waals surface area (Å²) < 4.78 is 0. The fourth-order valence-corrected chi connectivity index (χ4v) is 2.18. The van der Waals surface area contributed by atoms with Crippen molar-refractivity contribution in [2.75, 3.05) is 0 Å². The SMILES string of the molecule is CCC1(C(N)c2cnccc2C)CC1. The molecule has 1 aliphatic carbocycles. The summed E-state index contributed by atoms with van der Waals surface area (Å²) in [6.07, 6.45) is 7.49. The van der Waals surface area contributed by atoms with Crippen molar-refractivity contribution in [3.63, 3.8) is 0 Å². The second-order valence-electron chi connectivity index (χ2n) is 4.43. The lowest BCUT2D eigenvalue weighted by atomic mass is 9.87. The van der Waals surface area contributed by atoms with E-state index < -0.39 is 0 Å². The van der Waals surface area contributed by atoms with Crippen molar-refractivity contribution in [1.82, 2.24) is 4.98 Å². The van der Waals surface area contributed by atoms with Gasteiger partial charge in [-0.2, -0.15) is 0 Å². The molecule has 1 fully saturated rings. The van der Waals surface area contributed by atoms with Gasteiger partial charge in [-0.05, 0) is 48.8 Å². The van der Waals surface area contributed by atoms with Gasteiger partial charge in [0.05, 0.1) is 0 Å². The zero-order chi connectivity index (χ0) is 10.2. The van der Waals surface area contributed by atoms with Crippen LogP contribution in [0, 0.1) is 12.3 Å². The third kappa shape index (κ3) is 1.44. The molecule has 2 N–H and O–H groups in total. The van der Waals surface area contributed by atoms with E-state index in [0.717, 1.165) is 0 Å². The minimum atomic E-state index is 0.182. The highest BCUT2D eigenvalue weighted by Crippen LogP contribution is 2.56. The Morgan fingerprint density at radius 2 is 2.29 bits per heavy atom. The summed E-state index contributed by atoms with van der Waals surface area (Å²) in [5.41, 5.74) is 9.19. The smallest absolute Gasteiger partial charge is 0.0370 e. The molecular weight excluding hydrogens is 172 g/mol. The standard InChI is InChI=1S/C12H18N2/c1-3-12(5-6-12)11(13)10-8-14-7-4-9(10)2/h4,7-8,11H,3,5-6,13H2,1-2H3. The number of hydrogen-bond acceptors (Lipinski definition) is 2. The molecule has 1 aromatic heterocycles. The second kappa shape index (κ2) is 3.35. The van der Waals surface area contributed by atoms with Crippen LogP contribution < -0.4 is 5.73 Å². The zero-order valence-corrected chi connectivity index (χ0v) is 8.96. The molecule has 1 atom stereocenters. The fourth-order valence-electron chi connectivity index (χ4n) is 2.18. The van der Waals surface area contributed by atoms with Crippen molar-refractivity contribution in [2.24, 2.45) is 11.1 Å². The molecule has 0 aromatic carbocycles. The largest absolute Gasteiger partial charge is 0.323 e. The van der Waals surface area contributed by atoms with Gasteiger partial charge in [0, 0.05) is 18.4 Å². The van der Waals surface area contributed by atoms with Gasteiger partial charge in [-0.3, -0.25) is 4.98 Å². The molecule has 0 bridgehead atoms. The van der Waals surface area contributed by atoms with Gasteiger partial charge in [0.15, 0.2) is 0 Å². The molecule has 0 amide bonds. The first-order chi connectivity index (χ1) is 6.69. The Bertz CT molecular complexity index is 329. The minimum Gasteiger partial charge on any atom is -0.323 e. The van der Waals surface area contributed by atoms with Crippen molar-refractivity contribution in [3.8, 4) is 0 Å². The summed E-state index contributed by atoms with van der Waals surface area (Å²) in [5, 5.41) is 0. The van der Waals surface area contributed by atoms with Crippen LogP contribution in [-0.4, -0.2) is 4.98 Å². The summed E-state index contributed by atoms with van der Waals surface area (Å²) >= 11 is 0. The first kappa shape index (κ1) is 9.66. The number of rotatable bonds is 3. The van der Waals surface area contributed by atoms with Crippen LogP contribution in [0.25, 0.3) is 0 Å². The first-order valence-electron chi connectivity index (χ1n) is 5.36. The van der Waals surface area contributed by atoms with E-state index in [9.17, 15) is 0 Å². The lowest BCUT2D eigenvalue weighted by molar-refractivity contribution is 0.392. The highest BCUT2D eigenvalue weighted by atomic mass is 14.8. The van der Waals surface area contributed by atoms with Crippen molar-refractivity contribution >= 4 is 0 Å². The number of nitrogens with two attached hydrogens (primary N) is 1. The molecule has 0 aliphatic heterocycles. The van der Waals surface area contributed by atoms with Gasteiger partial charge in [0.1, 0.15) is 0 Å². The van der Waals surface area contributed by atoms with Gasteiger partial charge in [-0.15, -0.1) is 0 Å². The summed E-state index contributed by atoms with van der Waals surface area (Å²) in [5.74, 6) is 0. The molecule has 0 radical (unpaired) electrons. The normalized spacial score (nSPS) is 20.5. The zero-order valence-electron chi connectivity index (χ0n) is 8.96. The number of hydrogen-bond donors (Lipinski definition) is 1. The summed E-state index contributed by atoms with van der Waals surface area (Å²) in [6, 6.07) is 2.22. The molecule has 1 saturated carbocycles. The Hall–Kier alpha value is -0.890. The maximum absolute atomic E-state index is 6.31. The average molecular weight is 190 g/mol. The molecule has 1 unspecified atom stereocenters. The summed E-state index contributed by atoms with van der Waals surface area (Å²) in [6.45, 7) is 4.35. The van der Waals surface area contributed by atoms with Gasteiger partial charge in [0.25, 0.3) is 0 Å². The number of pyridine rings is 1. The van der Waals surface area contributed by atoms with Gasteiger partial charge in [-0.1, -0.05) is 6.92 Å². The van der Waals surface area contributed by atoms with Crippen LogP contribution in [0.3, 0.4) is 0 Å². The highest BCUT2D eigenvalue weighted by Gasteiger charge is 2.46. The molecule has 1 aromatic rings. The highest BCUT2D eigenvalue weighted by molar-refractivity contribution is 5.28. The maximum atomic E-state index is 6.31. The average Bonchev–Trinajstić information content (AvgIpc) is 2.98. The van der Waals surface area contributed by atoms with E-state index in [0.29, 0.717) is 5.41 Å². The molecule has 0 spiro atoms. The molecule has 76 valence electrons. The Morgan fingerprint density at radius 3 is 2.79 bits per heavy atom. The number of aryl methyl sites for hydroxylation is 1. The van der Waals surface area contributed by atoms with E-state index in [2.05, 4.69) is 18.8 Å². The molecule has 2 rings (SSSR count). The fraction of sp³-hybridized carbons (Fsp3) is 0.583. The molecule has 1 aliphatic rings. The Kier molecular flexibility index (Phi) is 2.31. The molecule has 14 heavy (non-hydrogen) atoms. The predicted octanol–water partition coefficient (Wildman–Crippen LogP) is 2.58. The van der Waals surface area contributed by atoms with Crippen molar-refractivity contribution in [2.45, 2.75) is 39.2 Å². The Labute approximate surface area is 85.5 Å². The van der Waals surface area contributed by atoms with E-state index in [1.54, 1.807) is 0 Å². The third-order valence-corrected chi connectivity index (χ3v) is 3.67. The van der Waals surface area contributed by atoms with Gasteiger partial charge < -0.3 is 5.73 Å². The van der Waals surface area contributed by atoms with Crippen LogP contribution in [0.4, 0.5) is 0 Å². The lowest BCUT2D eigenvalue weighted by Gasteiger charge is -2.23. The van der Waals surface area contributed by atoms with Crippen LogP contribution in [0.1, 0.15) is 43.4 Å². The van der Waals surface area contributed by atoms with Gasteiger partial charge >= 0.3 is 0 Å². The number of nitrogens with zero attached hydrogens (tertiary/aromatic N) is 1. The van der Waals surface area contributed by atoms with Crippen molar-refractivity contribution in [1.29, 1.82) is 0 Å². The van der Waals surface area contributed by atoms with Crippen LogP contribution in [0.15, 0.2) is 18.5 Å².